The van der Waals surface area contributed by atoms with E-state index >= 15 is 0 Å². The summed E-state index contributed by atoms with van der Waals surface area (Å²) in [6, 6.07) is 1.84. The van der Waals surface area contributed by atoms with Crippen LogP contribution >= 0.6 is 11.3 Å². The van der Waals surface area contributed by atoms with E-state index in [1.807, 2.05) is 37.6 Å². The topological polar surface area (TPSA) is 40.5 Å². The van der Waals surface area contributed by atoms with Crippen molar-refractivity contribution in [2.75, 3.05) is 0 Å². The largest absolute Gasteiger partial charge is 0.390 e. The number of rotatable bonds is 2. The lowest BCUT2D eigenvalue weighted by Gasteiger charge is -2.29. The van der Waals surface area contributed by atoms with Crippen molar-refractivity contribution in [3.63, 3.8) is 0 Å². The van der Waals surface area contributed by atoms with Crippen LogP contribution in [0.25, 0.3) is 0 Å². The minimum absolute atomic E-state index is 0.290. The van der Waals surface area contributed by atoms with E-state index in [1.54, 1.807) is 0 Å². The Morgan fingerprint density at radius 2 is 1.92 bits per heavy atom. The molecule has 2 unspecified atom stereocenters. The van der Waals surface area contributed by atoms with Gasteiger partial charge in [0.15, 0.2) is 0 Å². The summed E-state index contributed by atoms with van der Waals surface area (Å²) in [7, 11) is 0. The van der Waals surface area contributed by atoms with Gasteiger partial charge in [0.05, 0.1) is 6.10 Å². The molecule has 0 spiro atoms. The first-order chi connectivity index (χ1) is 5.93. The van der Waals surface area contributed by atoms with Gasteiger partial charge in [0.1, 0.15) is 6.10 Å². The molecule has 3 heteroatoms. The summed E-state index contributed by atoms with van der Waals surface area (Å²) in [5.41, 5.74) is 0.508. The predicted molar refractivity (Wildman–Crippen MR) is 54.7 cm³/mol. The van der Waals surface area contributed by atoms with Crippen LogP contribution < -0.4 is 0 Å². The quantitative estimate of drug-likeness (QED) is 0.768. The lowest BCUT2D eigenvalue weighted by Crippen LogP contribution is -2.32. The van der Waals surface area contributed by atoms with Gasteiger partial charge >= 0.3 is 0 Å². The Morgan fingerprint density at radius 3 is 2.31 bits per heavy atom. The zero-order valence-corrected chi connectivity index (χ0v) is 9.01. The number of aliphatic hydroxyl groups is 2. The first-order valence-electron chi connectivity index (χ1n) is 4.31. The molecule has 0 radical (unpaired) electrons. The maximum Gasteiger partial charge on any atom is 0.106 e. The van der Waals surface area contributed by atoms with Crippen molar-refractivity contribution >= 4 is 11.3 Å². The zero-order chi connectivity index (χ0) is 10.1. The maximum absolute atomic E-state index is 9.78. The van der Waals surface area contributed by atoms with E-state index in [1.165, 1.54) is 11.3 Å². The number of hydrogen-bond donors (Lipinski definition) is 2. The molecule has 2 N–H and O–H groups in total. The van der Waals surface area contributed by atoms with Crippen LogP contribution in [0.15, 0.2) is 16.8 Å². The van der Waals surface area contributed by atoms with Crippen LogP contribution in [0.1, 0.15) is 32.4 Å². The summed E-state index contributed by atoms with van der Waals surface area (Å²) in [6.45, 7) is 5.73. The van der Waals surface area contributed by atoms with E-state index in [-0.39, 0.29) is 5.41 Å². The lowest BCUT2D eigenvalue weighted by molar-refractivity contribution is -0.0456. The average Bonchev–Trinajstić information content (AvgIpc) is 2.51. The van der Waals surface area contributed by atoms with Crippen molar-refractivity contribution in [2.45, 2.75) is 33.0 Å². The number of hydrogen-bond acceptors (Lipinski definition) is 3. The Balaban J connectivity index is 2.74. The van der Waals surface area contributed by atoms with E-state index in [4.69, 9.17) is 0 Å². The summed E-state index contributed by atoms with van der Waals surface area (Å²) in [6.07, 6.45) is -1.49. The van der Waals surface area contributed by atoms with Gasteiger partial charge in [-0.15, -0.1) is 0 Å². The Morgan fingerprint density at radius 1 is 1.31 bits per heavy atom. The molecule has 0 saturated heterocycles. The normalized spacial score (nSPS) is 17.0. The highest BCUT2D eigenvalue weighted by Gasteiger charge is 2.30. The van der Waals surface area contributed by atoms with Crippen LogP contribution in [-0.4, -0.2) is 16.3 Å². The van der Waals surface area contributed by atoms with Gasteiger partial charge in [-0.25, -0.2) is 0 Å². The Kier molecular flexibility index (Phi) is 3.11. The van der Waals surface area contributed by atoms with Crippen LogP contribution in [0.5, 0.6) is 0 Å². The third-order valence-electron chi connectivity index (χ3n) is 2.07. The van der Waals surface area contributed by atoms with Crippen molar-refractivity contribution < 1.29 is 10.2 Å². The van der Waals surface area contributed by atoms with Crippen LogP contribution in [0.4, 0.5) is 0 Å². The van der Waals surface area contributed by atoms with E-state index in [2.05, 4.69) is 0 Å². The fourth-order valence-electron chi connectivity index (χ4n) is 1.10. The van der Waals surface area contributed by atoms with Gasteiger partial charge in [0.25, 0.3) is 0 Å². The molecule has 0 saturated carbocycles. The highest BCUT2D eigenvalue weighted by molar-refractivity contribution is 7.07. The first kappa shape index (κ1) is 10.7. The molecule has 1 aromatic heterocycles. The molecule has 0 aliphatic carbocycles. The molecule has 0 aliphatic rings. The first-order valence-corrected chi connectivity index (χ1v) is 5.25. The molecule has 13 heavy (non-hydrogen) atoms. The fourth-order valence-corrected chi connectivity index (χ4v) is 1.79. The summed E-state index contributed by atoms with van der Waals surface area (Å²) >= 11 is 1.52. The van der Waals surface area contributed by atoms with Crippen molar-refractivity contribution in [1.29, 1.82) is 0 Å². The molecule has 1 heterocycles. The second-order valence-electron chi connectivity index (χ2n) is 4.31. The summed E-state index contributed by atoms with van der Waals surface area (Å²) in [5.74, 6) is 0. The maximum atomic E-state index is 9.78. The van der Waals surface area contributed by atoms with Gasteiger partial charge in [-0.2, -0.15) is 11.3 Å². The van der Waals surface area contributed by atoms with Gasteiger partial charge in [0.2, 0.25) is 0 Å². The number of aliphatic hydroxyl groups excluding tert-OH is 2. The van der Waals surface area contributed by atoms with Crippen molar-refractivity contribution in [3.8, 4) is 0 Å². The number of thiophene rings is 1. The molecule has 2 atom stereocenters. The monoisotopic (exact) mass is 200 g/mol. The summed E-state index contributed by atoms with van der Waals surface area (Å²) in [5, 5.41) is 23.3. The molecule has 0 aromatic carbocycles. The van der Waals surface area contributed by atoms with Gasteiger partial charge in [-0.3, -0.25) is 0 Å². The highest BCUT2D eigenvalue weighted by Crippen LogP contribution is 2.30. The fraction of sp³-hybridized carbons (Fsp3) is 0.600. The van der Waals surface area contributed by atoms with E-state index in [9.17, 15) is 10.2 Å². The minimum atomic E-state index is -0.772. The standard InChI is InChI=1S/C10H16O2S/c1-10(2,3)9(12)8(11)7-4-5-13-6-7/h4-6,8-9,11-12H,1-3H3. The van der Waals surface area contributed by atoms with Crippen molar-refractivity contribution in [3.05, 3.63) is 22.4 Å². The van der Waals surface area contributed by atoms with Crippen molar-refractivity contribution in [2.24, 2.45) is 5.41 Å². The molecular weight excluding hydrogens is 184 g/mol. The van der Waals surface area contributed by atoms with Gasteiger partial charge in [-0.05, 0) is 27.8 Å². The Hall–Kier alpha value is -0.380. The molecule has 0 fully saturated rings. The molecule has 0 amide bonds. The third kappa shape index (κ3) is 2.53. The Labute approximate surface area is 82.8 Å². The van der Waals surface area contributed by atoms with E-state index in [0.717, 1.165) is 5.56 Å². The molecule has 1 aromatic rings. The van der Waals surface area contributed by atoms with Gasteiger partial charge in [0, 0.05) is 0 Å². The third-order valence-corrected chi connectivity index (χ3v) is 2.77. The second kappa shape index (κ2) is 3.78. The molecule has 2 nitrogen and oxygen atoms in total. The van der Waals surface area contributed by atoms with Crippen LogP contribution in [0.2, 0.25) is 0 Å². The lowest BCUT2D eigenvalue weighted by atomic mass is 9.84. The van der Waals surface area contributed by atoms with Crippen LogP contribution in [0.3, 0.4) is 0 Å². The summed E-state index contributed by atoms with van der Waals surface area (Å²) in [4.78, 5) is 0. The summed E-state index contributed by atoms with van der Waals surface area (Å²) < 4.78 is 0. The highest BCUT2D eigenvalue weighted by atomic mass is 32.1. The predicted octanol–water partition coefficient (Wildman–Crippen LogP) is 2.19. The molecule has 0 aliphatic heterocycles. The SMILES string of the molecule is CC(C)(C)C(O)C(O)c1ccsc1. The zero-order valence-electron chi connectivity index (χ0n) is 8.19. The van der Waals surface area contributed by atoms with Crippen LogP contribution in [-0.2, 0) is 0 Å². The Bertz CT molecular complexity index is 248. The van der Waals surface area contributed by atoms with Crippen molar-refractivity contribution in [1.82, 2.24) is 0 Å². The molecule has 0 bridgehead atoms. The van der Waals surface area contributed by atoms with E-state index < -0.39 is 12.2 Å². The smallest absolute Gasteiger partial charge is 0.106 e. The second-order valence-corrected chi connectivity index (χ2v) is 5.09. The van der Waals surface area contributed by atoms with Gasteiger partial charge < -0.3 is 10.2 Å². The minimum Gasteiger partial charge on any atom is -0.390 e. The van der Waals surface area contributed by atoms with Crippen LogP contribution in [0, 0.1) is 5.41 Å². The van der Waals surface area contributed by atoms with E-state index in [0.29, 0.717) is 0 Å². The molecular formula is C10H16O2S. The average molecular weight is 200 g/mol. The van der Waals surface area contributed by atoms with Gasteiger partial charge in [-0.1, -0.05) is 20.8 Å². The molecule has 74 valence electrons. The molecule has 1 rings (SSSR count).